The molecule has 1 aromatic rings. The van der Waals surface area contributed by atoms with Gasteiger partial charge in [-0.3, -0.25) is 24.4 Å². The van der Waals surface area contributed by atoms with E-state index in [1.54, 1.807) is 12.4 Å². The number of hydrogen-bond donors (Lipinski definition) is 0. The molecule has 0 spiro atoms. The van der Waals surface area contributed by atoms with Crippen molar-refractivity contribution < 1.29 is 14.4 Å². The van der Waals surface area contributed by atoms with Gasteiger partial charge in [0.15, 0.2) is 11.6 Å². The molecule has 32 heavy (non-hydrogen) atoms. The highest BCUT2D eigenvalue weighted by Crippen LogP contribution is 2.30. The first kappa shape index (κ1) is 24.0. The van der Waals surface area contributed by atoms with Gasteiger partial charge in [-0.2, -0.15) is 0 Å². The molecule has 0 N–H and O–H groups in total. The summed E-state index contributed by atoms with van der Waals surface area (Å²) >= 11 is 0. The number of carbonyl (C=O) groups excluding carboxylic acids is 3. The molecule has 1 aliphatic carbocycles. The Balaban J connectivity index is 1.41. The van der Waals surface area contributed by atoms with Gasteiger partial charge in [-0.05, 0) is 63.7 Å². The number of ketones is 3. The van der Waals surface area contributed by atoms with Crippen LogP contribution in [0.2, 0.25) is 0 Å². The van der Waals surface area contributed by atoms with Crippen LogP contribution in [0.4, 0.5) is 0 Å². The van der Waals surface area contributed by atoms with E-state index in [4.69, 9.17) is 0 Å². The number of hydrogen-bond acceptors (Lipinski definition) is 5. The Labute approximate surface area is 191 Å². The smallest absolute Gasteiger partial charge is 0.181 e. The normalized spacial score (nSPS) is 18.5. The molecule has 3 rings (SSSR count). The van der Waals surface area contributed by atoms with Gasteiger partial charge in [0.2, 0.25) is 0 Å². The van der Waals surface area contributed by atoms with Crippen molar-refractivity contribution in [2.45, 2.75) is 78.6 Å². The summed E-state index contributed by atoms with van der Waals surface area (Å²) in [5, 5.41) is 0. The van der Waals surface area contributed by atoms with E-state index in [-0.39, 0.29) is 29.2 Å². The number of aryl methyl sites for hydroxylation is 1. The number of Topliss-reactive ketones (excluding diaryl/α,β-unsaturated/α-hetero) is 3. The fourth-order valence-electron chi connectivity index (χ4n) is 4.55. The summed E-state index contributed by atoms with van der Waals surface area (Å²) in [6.07, 6.45) is 11.9. The SMILES string of the molecule is CCCC(CCCC(=O)CCCC1=CC2C(C)=CN=C2C(=O)C1)C(=O)c1ccc(C)nc1. The molecule has 0 fully saturated rings. The third-order valence-electron chi connectivity index (χ3n) is 6.43. The van der Waals surface area contributed by atoms with Crippen LogP contribution in [0.5, 0.6) is 0 Å². The highest BCUT2D eigenvalue weighted by atomic mass is 16.1. The van der Waals surface area contributed by atoms with Crippen LogP contribution in [0, 0.1) is 18.8 Å². The van der Waals surface area contributed by atoms with Crippen molar-refractivity contribution in [1.82, 2.24) is 4.98 Å². The highest BCUT2D eigenvalue weighted by Gasteiger charge is 2.30. The van der Waals surface area contributed by atoms with Gasteiger partial charge in [0.25, 0.3) is 0 Å². The molecule has 5 heteroatoms. The van der Waals surface area contributed by atoms with Crippen molar-refractivity contribution in [1.29, 1.82) is 0 Å². The number of fused-ring (bicyclic) bond motifs is 1. The Kier molecular flexibility index (Phi) is 8.43. The highest BCUT2D eigenvalue weighted by molar-refractivity contribution is 6.43. The number of nitrogens with zero attached hydrogens (tertiary/aromatic N) is 2. The monoisotopic (exact) mass is 434 g/mol. The van der Waals surface area contributed by atoms with Gasteiger partial charge in [-0.15, -0.1) is 0 Å². The Morgan fingerprint density at radius 3 is 2.62 bits per heavy atom. The number of allylic oxidation sites excluding steroid dienone is 3. The van der Waals surface area contributed by atoms with Gasteiger partial charge in [-0.1, -0.05) is 25.0 Å². The topological polar surface area (TPSA) is 76.5 Å². The maximum Gasteiger partial charge on any atom is 0.181 e. The van der Waals surface area contributed by atoms with E-state index >= 15 is 0 Å². The zero-order valence-corrected chi connectivity index (χ0v) is 19.5. The number of rotatable bonds is 12. The van der Waals surface area contributed by atoms with E-state index in [1.807, 2.05) is 26.0 Å². The molecular formula is C27H34N2O3. The standard InChI is InChI=1S/C27H34N2O3/c1-4-7-21(27(32)22-13-12-19(3)28-17-22)9-6-11-23(30)10-5-8-20-14-24-18(2)16-29-26(24)25(31)15-20/h12-14,16-17,21,24H,4-11,15H2,1-3H3. The summed E-state index contributed by atoms with van der Waals surface area (Å²) in [5.41, 5.74) is 4.47. The third-order valence-corrected chi connectivity index (χ3v) is 6.43. The third kappa shape index (κ3) is 6.18. The van der Waals surface area contributed by atoms with Crippen LogP contribution in [0.1, 0.15) is 87.7 Å². The molecule has 2 aliphatic rings. The summed E-state index contributed by atoms with van der Waals surface area (Å²) in [6, 6.07) is 3.72. The number of carbonyl (C=O) groups is 3. The van der Waals surface area contributed by atoms with E-state index in [9.17, 15) is 14.4 Å². The lowest BCUT2D eigenvalue weighted by Crippen LogP contribution is -2.26. The van der Waals surface area contributed by atoms with Crippen molar-refractivity contribution in [3.8, 4) is 0 Å². The van der Waals surface area contributed by atoms with Crippen LogP contribution in [-0.4, -0.2) is 28.0 Å². The average molecular weight is 435 g/mol. The molecule has 2 atom stereocenters. The molecule has 170 valence electrons. The fraction of sp³-hybridized carbons (Fsp3) is 0.519. The molecule has 0 saturated heterocycles. The Morgan fingerprint density at radius 1 is 1.12 bits per heavy atom. The molecule has 0 aromatic carbocycles. The molecule has 0 saturated carbocycles. The van der Waals surface area contributed by atoms with Crippen molar-refractivity contribution in [2.75, 3.05) is 0 Å². The maximum atomic E-state index is 12.8. The molecule has 0 bridgehead atoms. The lowest BCUT2D eigenvalue weighted by Gasteiger charge is -2.19. The van der Waals surface area contributed by atoms with Gasteiger partial charge >= 0.3 is 0 Å². The second-order valence-corrected chi connectivity index (χ2v) is 9.11. The predicted molar refractivity (Wildman–Crippen MR) is 127 cm³/mol. The minimum absolute atomic E-state index is 0.0405. The number of aromatic nitrogens is 1. The second-order valence-electron chi connectivity index (χ2n) is 9.11. The van der Waals surface area contributed by atoms with Crippen molar-refractivity contribution in [2.24, 2.45) is 16.8 Å². The van der Waals surface area contributed by atoms with Crippen LogP contribution in [0.3, 0.4) is 0 Å². The Hall–Kier alpha value is -2.69. The van der Waals surface area contributed by atoms with E-state index in [0.29, 0.717) is 30.5 Å². The van der Waals surface area contributed by atoms with Gasteiger partial charge < -0.3 is 0 Å². The molecule has 1 aliphatic heterocycles. The van der Waals surface area contributed by atoms with Crippen LogP contribution >= 0.6 is 0 Å². The first-order valence-electron chi connectivity index (χ1n) is 11.8. The van der Waals surface area contributed by atoms with Crippen LogP contribution in [0.25, 0.3) is 0 Å². The van der Waals surface area contributed by atoms with Crippen molar-refractivity contribution in [3.05, 3.63) is 53.0 Å². The minimum Gasteiger partial charge on any atom is -0.300 e. The number of aliphatic imine (C=N–C) groups is 1. The lowest BCUT2D eigenvalue weighted by molar-refractivity contribution is -0.119. The quantitative estimate of drug-likeness (QED) is 0.309. The fourth-order valence-corrected chi connectivity index (χ4v) is 4.55. The van der Waals surface area contributed by atoms with Gasteiger partial charge in [0.1, 0.15) is 5.78 Å². The summed E-state index contributed by atoms with van der Waals surface area (Å²) in [6.45, 7) is 5.99. The van der Waals surface area contributed by atoms with E-state index in [0.717, 1.165) is 55.4 Å². The van der Waals surface area contributed by atoms with Crippen LogP contribution in [-0.2, 0) is 9.59 Å². The molecule has 0 radical (unpaired) electrons. The molecule has 2 heterocycles. The zero-order valence-electron chi connectivity index (χ0n) is 19.5. The Bertz CT molecular complexity index is 954. The summed E-state index contributed by atoms with van der Waals surface area (Å²) < 4.78 is 0. The first-order chi connectivity index (χ1) is 15.4. The summed E-state index contributed by atoms with van der Waals surface area (Å²) in [4.78, 5) is 46.0. The van der Waals surface area contributed by atoms with E-state index in [2.05, 4.69) is 23.0 Å². The van der Waals surface area contributed by atoms with Crippen molar-refractivity contribution >= 4 is 23.1 Å². The van der Waals surface area contributed by atoms with Crippen molar-refractivity contribution in [3.63, 3.8) is 0 Å². The minimum atomic E-state index is -0.0470. The maximum absolute atomic E-state index is 12.8. The van der Waals surface area contributed by atoms with E-state index in [1.165, 1.54) is 0 Å². The molecule has 5 nitrogen and oxygen atoms in total. The zero-order chi connectivity index (χ0) is 23.1. The number of pyridine rings is 1. The lowest BCUT2D eigenvalue weighted by atomic mass is 9.83. The summed E-state index contributed by atoms with van der Waals surface area (Å²) in [5.74, 6) is 0.488. The van der Waals surface area contributed by atoms with Crippen LogP contribution < -0.4 is 0 Å². The predicted octanol–water partition coefficient (Wildman–Crippen LogP) is 5.77. The molecular weight excluding hydrogens is 400 g/mol. The molecule has 0 amide bonds. The van der Waals surface area contributed by atoms with Gasteiger partial charge in [0, 0.05) is 54.8 Å². The van der Waals surface area contributed by atoms with Crippen LogP contribution in [0.15, 0.2) is 46.7 Å². The van der Waals surface area contributed by atoms with Gasteiger partial charge in [0.05, 0.1) is 5.71 Å². The Morgan fingerprint density at radius 2 is 1.91 bits per heavy atom. The molecule has 2 unspecified atom stereocenters. The molecule has 1 aromatic heterocycles. The average Bonchev–Trinajstić information content (AvgIpc) is 3.14. The summed E-state index contributed by atoms with van der Waals surface area (Å²) in [7, 11) is 0. The largest absolute Gasteiger partial charge is 0.300 e. The second kappa shape index (κ2) is 11.3. The van der Waals surface area contributed by atoms with Gasteiger partial charge in [-0.25, -0.2) is 0 Å². The van der Waals surface area contributed by atoms with E-state index < -0.39 is 0 Å². The first-order valence-corrected chi connectivity index (χ1v) is 11.8.